The number of nitrogens with zero attached hydrogens (tertiary/aromatic N) is 6. The number of ether oxygens (including phenoxy) is 1. The molecule has 14 nitrogen and oxygen atoms in total. The van der Waals surface area contributed by atoms with Gasteiger partial charge >= 0.3 is 0 Å². The fraction of sp³-hybridized carbons (Fsp3) is 0.333. The van der Waals surface area contributed by atoms with Crippen molar-refractivity contribution >= 4 is 17.5 Å². The van der Waals surface area contributed by atoms with Crippen LogP contribution in [-0.2, 0) is 20.9 Å². The highest BCUT2D eigenvalue weighted by Crippen LogP contribution is 2.31. The number of nitrogens with one attached hydrogen (secondary N) is 2. The van der Waals surface area contributed by atoms with Crippen LogP contribution in [0.5, 0.6) is 0 Å². The number of aromatic nitrogens is 6. The number of anilines is 1. The van der Waals surface area contributed by atoms with Gasteiger partial charge in [-0.15, -0.1) is 10.2 Å². The summed E-state index contributed by atoms with van der Waals surface area (Å²) in [6.45, 7) is 1.17. The Kier molecular flexibility index (Phi) is 8.63. The molecule has 2 aromatic carbocycles. The minimum absolute atomic E-state index is 0.111. The maximum Gasteiger partial charge on any atom is 0.252 e. The van der Waals surface area contributed by atoms with Crippen LogP contribution in [0.2, 0.25) is 0 Å². The van der Waals surface area contributed by atoms with Crippen molar-refractivity contribution < 1.29 is 34.0 Å². The van der Waals surface area contributed by atoms with Crippen LogP contribution in [0.3, 0.4) is 0 Å². The normalized spacial score (nSPS) is 22.1. The lowest BCUT2D eigenvalue weighted by Gasteiger charge is -2.41. The number of halogens is 1. The summed E-state index contributed by atoms with van der Waals surface area (Å²) in [7, 11) is 0. The standard InChI is InChI=1S/C27H29FN8O6/c1-15(38)30-19-7-5-16(6-8-19)20-12-35(33-31-20)10-9-29-27(41)26-25(40)23(24(39)22(14-37)42-26)36-13-21(32-34-36)17-3-2-4-18(28)11-17/h2-8,11-13,22-26,37,39-40H,9-10,14H2,1H3,(H,29,41)(H,30,38)/t22-,23+,24+,25-,26-/m1/s1. The predicted molar refractivity (Wildman–Crippen MR) is 145 cm³/mol. The summed E-state index contributed by atoms with van der Waals surface area (Å²) >= 11 is 0. The molecule has 0 radical (unpaired) electrons. The number of aliphatic hydroxyl groups excluding tert-OH is 3. The Morgan fingerprint density at radius 2 is 1.74 bits per heavy atom. The van der Waals surface area contributed by atoms with E-state index in [1.807, 2.05) is 0 Å². The molecular weight excluding hydrogens is 551 g/mol. The number of rotatable bonds is 9. The molecule has 0 unspecified atom stereocenters. The second kappa shape index (κ2) is 12.5. The highest BCUT2D eigenvalue weighted by atomic mass is 19.1. The molecule has 4 aromatic rings. The molecule has 1 aliphatic rings. The van der Waals surface area contributed by atoms with Crippen LogP contribution in [0.25, 0.3) is 22.5 Å². The summed E-state index contributed by atoms with van der Waals surface area (Å²) in [6.07, 6.45) is -2.49. The first kappa shape index (κ1) is 28.9. The zero-order chi connectivity index (χ0) is 29.8. The zero-order valence-corrected chi connectivity index (χ0v) is 22.4. The van der Waals surface area contributed by atoms with Crippen LogP contribution < -0.4 is 10.6 Å². The smallest absolute Gasteiger partial charge is 0.252 e. The molecular formula is C27H29FN8O6. The van der Waals surface area contributed by atoms with Crippen molar-refractivity contribution in [2.45, 2.75) is 43.9 Å². The number of aliphatic hydroxyl groups is 3. The zero-order valence-electron chi connectivity index (χ0n) is 22.4. The van der Waals surface area contributed by atoms with E-state index in [0.717, 1.165) is 5.56 Å². The third-order valence-electron chi connectivity index (χ3n) is 6.77. The van der Waals surface area contributed by atoms with Crippen LogP contribution in [-0.4, -0.2) is 94.7 Å². The number of carbonyl (C=O) groups excluding carboxylic acids is 2. The molecule has 15 heteroatoms. The van der Waals surface area contributed by atoms with Crippen LogP contribution in [0.15, 0.2) is 60.9 Å². The van der Waals surface area contributed by atoms with Gasteiger partial charge in [-0.25, -0.2) is 9.07 Å². The van der Waals surface area contributed by atoms with Crippen LogP contribution in [0, 0.1) is 5.82 Å². The van der Waals surface area contributed by atoms with E-state index < -0.39 is 48.8 Å². The van der Waals surface area contributed by atoms with E-state index in [9.17, 15) is 29.3 Å². The Labute approximate surface area is 238 Å². The van der Waals surface area contributed by atoms with Gasteiger partial charge in [-0.1, -0.05) is 34.7 Å². The van der Waals surface area contributed by atoms with Crippen molar-refractivity contribution in [3.63, 3.8) is 0 Å². The van der Waals surface area contributed by atoms with Gasteiger partial charge in [0.25, 0.3) is 5.91 Å². The molecule has 5 atom stereocenters. The molecule has 0 bridgehead atoms. The highest BCUT2D eigenvalue weighted by Gasteiger charge is 2.48. The van der Waals surface area contributed by atoms with E-state index in [1.54, 1.807) is 36.5 Å². The van der Waals surface area contributed by atoms with Gasteiger partial charge in [0.2, 0.25) is 5.91 Å². The SMILES string of the molecule is CC(=O)Nc1ccc(-c2cn(CCNC(=O)[C@@H]3O[C@H](CO)[C@H](O)[C@H](n4cc(-c5cccc(F)c5)nn4)[C@H]3O)nn2)cc1. The number of amides is 2. The molecule has 42 heavy (non-hydrogen) atoms. The maximum absolute atomic E-state index is 13.7. The third kappa shape index (κ3) is 6.33. The Bertz CT molecular complexity index is 1540. The number of benzene rings is 2. The lowest BCUT2D eigenvalue weighted by molar-refractivity contribution is -0.206. The van der Waals surface area contributed by atoms with Crippen molar-refractivity contribution in [3.8, 4) is 22.5 Å². The first-order chi connectivity index (χ1) is 20.2. The summed E-state index contributed by atoms with van der Waals surface area (Å²) in [6, 6.07) is 11.6. The van der Waals surface area contributed by atoms with Crippen LogP contribution >= 0.6 is 0 Å². The predicted octanol–water partition coefficient (Wildman–Crippen LogP) is 0.140. The van der Waals surface area contributed by atoms with Gasteiger partial charge in [0.05, 0.1) is 25.5 Å². The fourth-order valence-corrected chi connectivity index (χ4v) is 4.70. The van der Waals surface area contributed by atoms with Crippen molar-refractivity contribution in [3.05, 3.63) is 66.7 Å². The molecule has 220 valence electrons. The maximum atomic E-state index is 13.7. The quantitative estimate of drug-likeness (QED) is 0.182. The summed E-state index contributed by atoms with van der Waals surface area (Å²) in [4.78, 5) is 24.2. The lowest BCUT2D eigenvalue weighted by atomic mass is 9.92. The van der Waals surface area contributed by atoms with E-state index in [-0.39, 0.29) is 24.7 Å². The van der Waals surface area contributed by atoms with Crippen molar-refractivity contribution in [2.24, 2.45) is 0 Å². The van der Waals surface area contributed by atoms with Gasteiger partial charge in [0, 0.05) is 30.3 Å². The van der Waals surface area contributed by atoms with Gasteiger partial charge in [-0.3, -0.25) is 14.3 Å². The Morgan fingerprint density at radius 1 is 1.00 bits per heavy atom. The summed E-state index contributed by atoms with van der Waals surface area (Å²) in [5.41, 5.74) is 2.75. The van der Waals surface area contributed by atoms with E-state index in [2.05, 4.69) is 31.3 Å². The van der Waals surface area contributed by atoms with Crippen LogP contribution in [0.1, 0.15) is 13.0 Å². The molecule has 3 heterocycles. The Balaban J connectivity index is 1.22. The minimum atomic E-state index is -1.55. The molecule has 2 amide bonds. The Hall–Kier alpha value is -4.57. The van der Waals surface area contributed by atoms with Gasteiger partial charge in [0.15, 0.2) is 6.10 Å². The lowest BCUT2D eigenvalue weighted by Crippen LogP contribution is -2.60. The van der Waals surface area contributed by atoms with Crippen LogP contribution in [0.4, 0.5) is 10.1 Å². The summed E-state index contributed by atoms with van der Waals surface area (Å²) in [5.74, 6) is -1.31. The second-order valence-electron chi connectivity index (χ2n) is 9.76. The topological polar surface area (TPSA) is 190 Å². The molecule has 5 rings (SSSR count). The van der Waals surface area contributed by atoms with E-state index in [4.69, 9.17) is 4.74 Å². The number of hydrogen-bond acceptors (Lipinski definition) is 10. The molecule has 2 aromatic heterocycles. The fourth-order valence-electron chi connectivity index (χ4n) is 4.70. The summed E-state index contributed by atoms with van der Waals surface area (Å²) in [5, 5.41) is 53.2. The van der Waals surface area contributed by atoms with E-state index >= 15 is 0 Å². The van der Waals surface area contributed by atoms with Gasteiger partial charge in [-0.2, -0.15) is 0 Å². The monoisotopic (exact) mass is 580 g/mol. The molecule has 5 N–H and O–H groups in total. The number of carbonyl (C=O) groups is 2. The molecule has 0 aliphatic carbocycles. The first-order valence-electron chi connectivity index (χ1n) is 13.1. The van der Waals surface area contributed by atoms with Crippen molar-refractivity contribution in [2.75, 3.05) is 18.5 Å². The minimum Gasteiger partial charge on any atom is -0.394 e. The van der Waals surface area contributed by atoms with E-state index in [1.165, 1.54) is 40.7 Å². The molecule has 1 aliphatic heterocycles. The molecule has 0 saturated carbocycles. The molecule has 0 spiro atoms. The number of hydrogen-bond donors (Lipinski definition) is 5. The Morgan fingerprint density at radius 3 is 2.45 bits per heavy atom. The van der Waals surface area contributed by atoms with Crippen molar-refractivity contribution in [1.29, 1.82) is 0 Å². The molecule has 1 fully saturated rings. The average molecular weight is 581 g/mol. The van der Waals surface area contributed by atoms with Gasteiger partial charge in [-0.05, 0) is 24.3 Å². The molecule has 1 saturated heterocycles. The largest absolute Gasteiger partial charge is 0.394 e. The van der Waals surface area contributed by atoms with Gasteiger partial charge in [0.1, 0.15) is 41.6 Å². The first-order valence-corrected chi connectivity index (χ1v) is 13.1. The van der Waals surface area contributed by atoms with Crippen molar-refractivity contribution in [1.82, 2.24) is 35.3 Å². The average Bonchev–Trinajstić information content (AvgIpc) is 3.64. The van der Waals surface area contributed by atoms with E-state index in [0.29, 0.717) is 16.9 Å². The van der Waals surface area contributed by atoms with Gasteiger partial charge < -0.3 is 30.7 Å². The second-order valence-corrected chi connectivity index (χ2v) is 9.76. The summed E-state index contributed by atoms with van der Waals surface area (Å²) < 4.78 is 21.9. The highest BCUT2D eigenvalue weighted by molar-refractivity contribution is 5.88. The third-order valence-corrected chi connectivity index (χ3v) is 6.77.